The summed E-state index contributed by atoms with van der Waals surface area (Å²) in [7, 11) is -2.07. The van der Waals surface area contributed by atoms with Crippen LogP contribution in [0.4, 0.5) is 0 Å². The molecular weight excluding hydrogens is 154 g/mol. The molecule has 10 heavy (non-hydrogen) atoms. The van der Waals surface area contributed by atoms with Crippen molar-refractivity contribution in [3.05, 3.63) is 0 Å². The number of hydrogen-bond acceptors (Lipinski definition) is 3. The molecule has 0 heterocycles. The van der Waals surface area contributed by atoms with Gasteiger partial charge in [0.15, 0.2) is 0 Å². The minimum atomic E-state index is -3.25. The van der Waals surface area contributed by atoms with Crippen molar-refractivity contribution in [3.63, 3.8) is 0 Å². The normalized spacial score (nSPS) is 13.9. The number of hydrogen-bond donors (Lipinski definition) is 1. The second-order valence-electron chi connectivity index (χ2n) is 1.88. The lowest BCUT2D eigenvalue weighted by atomic mass is 10.4. The zero-order valence-corrected chi connectivity index (χ0v) is 7.73. The fourth-order valence-corrected chi connectivity index (χ4v) is 1.11. The van der Waals surface area contributed by atoms with E-state index in [1.54, 1.807) is 13.8 Å². The zero-order valence-electron chi connectivity index (χ0n) is 6.92. The Bertz CT molecular complexity index is 164. The first-order valence-corrected chi connectivity index (χ1v) is 4.31. The van der Waals surface area contributed by atoms with Gasteiger partial charge in [-0.2, -0.15) is 8.42 Å². The maximum absolute atomic E-state index is 10.7. The molecule has 0 aliphatic rings. The topological polar surface area (TPSA) is 79.9 Å². The average molecular weight is 170 g/mol. The van der Waals surface area contributed by atoms with E-state index in [1.165, 1.54) is 7.11 Å². The van der Waals surface area contributed by atoms with Crippen molar-refractivity contribution >= 4 is 10.1 Å². The van der Waals surface area contributed by atoms with E-state index in [-0.39, 0.29) is 11.4 Å². The highest BCUT2D eigenvalue weighted by Gasteiger charge is 2.16. The molecule has 64 valence electrons. The second-order valence-corrected chi connectivity index (χ2v) is 4.00. The van der Waals surface area contributed by atoms with Crippen molar-refractivity contribution in [1.29, 1.82) is 0 Å². The van der Waals surface area contributed by atoms with Gasteiger partial charge in [-0.3, -0.25) is 4.18 Å². The SMILES string of the molecule is CCC(C)S(=O)(=O)OC.[NH4+]. The smallest absolute Gasteiger partial charge is 0.269 e. The van der Waals surface area contributed by atoms with Gasteiger partial charge < -0.3 is 6.15 Å². The molecule has 0 saturated heterocycles. The van der Waals surface area contributed by atoms with Gasteiger partial charge in [0.1, 0.15) is 0 Å². The summed E-state index contributed by atoms with van der Waals surface area (Å²) in [4.78, 5) is 0. The molecule has 4 N–H and O–H groups in total. The summed E-state index contributed by atoms with van der Waals surface area (Å²) in [6.45, 7) is 3.43. The van der Waals surface area contributed by atoms with Crippen LogP contribution in [0.2, 0.25) is 0 Å². The largest absolute Gasteiger partial charge is 0.369 e. The molecule has 0 aromatic carbocycles. The third kappa shape index (κ3) is 3.14. The Hall–Kier alpha value is -0.130. The molecule has 0 fully saturated rings. The first-order chi connectivity index (χ1) is 4.04. The lowest BCUT2D eigenvalue weighted by Crippen LogP contribution is -2.17. The van der Waals surface area contributed by atoms with E-state index in [9.17, 15) is 8.42 Å². The van der Waals surface area contributed by atoms with E-state index >= 15 is 0 Å². The Morgan fingerprint density at radius 3 is 2.00 bits per heavy atom. The molecule has 0 spiro atoms. The standard InChI is InChI=1S/C5H12O3S.H3N/c1-4-5(2)9(6,7)8-3;/h5H,4H2,1-3H3;1H3/p+1. The molecule has 1 atom stereocenters. The van der Waals surface area contributed by atoms with Gasteiger partial charge in [0, 0.05) is 0 Å². The van der Waals surface area contributed by atoms with Crippen LogP contribution >= 0.6 is 0 Å². The van der Waals surface area contributed by atoms with Gasteiger partial charge in [0.25, 0.3) is 10.1 Å². The summed E-state index contributed by atoms with van der Waals surface area (Å²) in [5.41, 5.74) is 0. The van der Waals surface area contributed by atoms with E-state index in [0.29, 0.717) is 6.42 Å². The van der Waals surface area contributed by atoms with Crippen molar-refractivity contribution in [3.8, 4) is 0 Å². The third-order valence-electron chi connectivity index (χ3n) is 1.30. The molecule has 1 unspecified atom stereocenters. The quantitative estimate of drug-likeness (QED) is 0.645. The van der Waals surface area contributed by atoms with Crippen LogP contribution in [0.25, 0.3) is 0 Å². The van der Waals surface area contributed by atoms with E-state index in [0.717, 1.165) is 0 Å². The minimum Gasteiger partial charge on any atom is -0.369 e. The summed E-state index contributed by atoms with van der Waals surface area (Å²) in [5, 5.41) is -0.387. The van der Waals surface area contributed by atoms with Crippen LogP contribution in [0.5, 0.6) is 0 Å². The number of rotatable bonds is 3. The summed E-state index contributed by atoms with van der Waals surface area (Å²) < 4.78 is 25.7. The highest BCUT2D eigenvalue weighted by atomic mass is 32.2. The predicted octanol–water partition coefficient (Wildman–Crippen LogP) is 1.14. The van der Waals surface area contributed by atoms with Crippen molar-refractivity contribution < 1.29 is 12.6 Å². The van der Waals surface area contributed by atoms with E-state index in [2.05, 4.69) is 4.18 Å². The second kappa shape index (κ2) is 4.65. The van der Waals surface area contributed by atoms with Gasteiger partial charge in [-0.15, -0.1) is 0 Å². The van der Waals surface area contributed by atoms with Crippen molar-refractivity contribution in [2.24, 2.45) is 0 Å². The average Bonchev–Trinajstić information content (AvgIpc) is 1.86. The fourth-order valence-electron chi connectivity index (χ4n) is 0.368. The molecule has 0 saturated carbocycles. The van der Waals surface area contributed by atoms with Crippen LogP contribution in [0.1, 0.15) is 20.3 Å². The Morgan fingerprint density at radius 1 is 1.50 bits per heavy atom. The summed E-state index contributed by atoms with van der Waals surface area (Å²) in [5.74, 6) is 0. The predicted molar refractivity (Wildman–Crippen MR) is 41.7 cm³/mol. The monoisotopic (exact) mass is 170 g/mol. The van der Waals surface area contributed by atoms with Crippen molar-refractivity contribution in [1.82, 2.24) is 6.15 Å². The summed E-state index contributed by atoms with van der Waals surface area (Å²) in [6, 6.07) is 0. The molecule has 0 rings (SSSR count). The van der Waals surface area contributed by atoms with Crippen LogP contribution in [-0.2, 0) is 14.3 Å². The van der Waals surface area contributed by atoms with Crippen molar-refractivity contribution in [2.45, 2.75) is 25.5 Å². The van der Waals surface area contributed by atoms with Crippen LogP contribution in [0.3, 0.4) is 0 Å². The van der Waals surface area contributed by atoms with Gasteiger partial charge in [-0.05, 0) is 13.3 Å². The molecule has 0 aromatic rings. The van der Waals surface area contributed by atoms with E-state index < -0.39 is 10.1 Å². The molecule has 5 heteroatoms. The molecule has 4 nitrogen and oxygen atoms in total. The van der Waals surface area contributed by atoms with Crippen LogP contribution in [0, 0.1) is 0 Å². The summed E-state index contributed by atoms with van der Waals surface area (Å²) in [6.07, 6.45) is 0.593. The fraction of sp³-hybridized carbons (Fsp3) is 1.00. The van der Waals surface area contributed by atoms with Gasteiger partial charge in [-0.1, -0.05) is 6.92 Å². The van der Waals surface area contributed by atoms with Crippen LogP contribution in [-0.4, -0.2) is 20.8 Å². The molecule has 0 amide bonds. The van der Waals surface area contributed by atoms with E-state index in [1.807, 2.05) is 0 Å². The first kappa shape index (κ1) is 12.5. The van der Waals surface area contributed by atoms with Gasteiger partial charge in [0.2, 0.25) is 0 Å². The lowest BCUT2D eigenvalue weighted by molar-refractivity contribution is 0.388. The molecule has 0 bridgehead atoms. The lowest BCUT2D eigenvalue weighted by Gasteiger charge is -2.05. The Kier molecular flexibility index (Phi) is 5.83. The zero-order chi connectivity index (χ0) is 7.49. The van der Waals surface area contributed by atoms with Gasteiger partial charge in [-0.25, -0.2) is 0 Å². The Labute approximate surface area is 62.3 Å². The third-order valence-corrected chi connectivity index (χ3v) is 3.08. The molecule has 0 aromatic heterocycles. The maximum atomic E-state index is 10.7. The highest BCUT2D eigenvalue weighted by molar-refractivity contribution is 7.87. The Morgan fingerprint density at radius 2 is 1.90 bits per heavy atom. The molecule has 0 aliphatic carbocycles. The van der Waals surface area contributed by atoms with Gasteiger partial charge in [0.05, 0.1) is 12.4 Å². The first-order valence-electron chi connectivity index (χ1n) is 2.84. The molecular formula is C5H16NO3S+. The maximum Gasteiger partial charge on any atom is 0.269 e. The Balaban J connectivity index is 0. The van der Waals surface area contributed by atoms with Gasteiger partial charge >= 0.3 is 0 Å². The van der Waals surface area contributed by atoms with E-state index in [4.69, 9.17) is 0 Å². The van der Waals surface area contributed by atoms with Crippen LogP contribution < -0.4 is 6.15 Å². The molecule has 0 radical (unpaired) electrons. The summed E-state index contributed by atoms with van der Waals surface area (Å²) >= 11 is 0. The minimum absolute atomic E-state index is 0. The van der Waals surface area contributed by atoms with Crippen LogP contribution in [0.15, 0.2) is 0 Å². The van der Waals surface area contributed by atoms with Crippen molar-refractivity contribution in [2.75, 3.05) is 7.11 Å². The highest BCUT2D eigenvalue weighted by Crippen LogP contribution is 2.04. The number of quaternary nitrogens is 1. The molecule has 0 aliphatic heterocycles.